The largest absolute Gasteiger partial charge is 0.495 e. The summed E-state index contributed by atoms with van der Waals surface area (Å²) in [5, 5.41) is 16.3. The molecule has 1 fully saturated rings. The Kier molecular flexibility index (Phi) is 6.82. The van der Waals surface area contributed by atoms with Gasteiger partial charge in [0.2, 0.25) is 5.95 Å². The molecule has 0 saturated carbocycles. The summed E-state index contributed by atoms with van der Waals surface area (Å²) in [5.74, 6) is 1.77. The van der Waals surface area contributed by atoms with E-state index in [9.17, 15) is 9.90 Å². The van der Waals surface area contributed by atoms with Crippen molar-refractivity contribution in [1.29, 1.82) is 0 Å². The van der Waals surface area contributed by atoms with Gasteiger partial charge in [-0.2, -0.15) is 4.98 Å². The predicted molar refractivity (Wildman–Crippen MR) is 120 cm³/mol. The SMILES string of the molecule is CNc1nc(Nc2ccc(C(=O)N3CCC(C(C)(C)O)CC3)cc2OC)ncc1Br. The van der Waals surface area contributed by atoms with E-state index >= 15 is 0 Å². The number of nitrogens with zero attached hydrogens (tertiary/aromatic N) is 3. The Morgan fingerprint density at radius 3 is 2.63 bits per heavy atom. The van der Waals surface area contributed by atoms with Gasteiger partial charge >= 0.3 is 0 Å². The molecule has 1 aliphatic heterocycles. The van der Waals surface area contributed by atoms with Crippen LogP contribution < -0.4 is 15.4 Å². The van der Waals surface area contributed by atoms with Crippen molar-refractivity contribution in [1.82, 2.24) is 14.9 Å². The molecule has 0 aliphatic carbocycles. The average Bonchev–Trinajstić information content (AvgIpc) is 2.74. The molecular formula is C21H28BrN5O3. The lowest BCUT2D eigenvalue weighted by Gasteiger charge is -2.37. The van der Waals surface area contributed by atoms with Gasteiger partial charge in [-0.1, -0.05) is 0 Å². The zero-order valence-electron chi connectivity index (χ0n) is 17.7. The van der Waals surface area contributed by atoms with Crippen LogP contribution in [0.2, 0.25) is 0 Å². The second kappa shape index (κ2) is 9.18. The molecule has 0 spiro atoms. The van der Waals surface area contributed by atoms with Crippen LogP contribution in [0.5, 0.6) is 5.75 Å². The number of nitrogens with one attached hydrogen (secondary N) is 2. The molecule has 1 amide bonds. The molecule has 1 aliphatic rings. The maximum atomic E-state index is 13.0. The van der Waals surface area contributed by atoms with Gasteiger partial charge in [0.05, 0.1) is 22.9 Å². The topological polar surface area (TPSA) is 99.6 Å². The molecule has 2 aromatic rings. The lowest BCUT2D eigenvalue weighted by atomic mass is 9.83. The second-order valence-corrected chi connectivity index (χ2v) is 8.75. The van der Waals surface area contributed by atoms with E-state index in [1.165, 1.54) is 0 Å². The minimum Gasteiger partial charge on any atom is -0.495 e. The van der Waals surface area contributed by atoms with E-state index in [0.29, 0.717) is 41.9 Å². The van der Waals surface area contributed by atoms with Crippen molar-refractivity contribution in [2.45, 2.75) is 32.3 Å². The quantitative estimate of drug-likeness (QED) is 0.583. The summed E-state index contributed by atoms with van der Waals surface area (Å²) in [6.45, 7) is 4.94. The minimum absolute atomic E-state index is 0.0357. The van der Waals surface area contributed by atoms with E-state index in [-0.39, 0.29) is 11.8 Å². The third kappa shape index (κ3) is 5.02. The number of carbonyl (C=O) groups is 1. The second-order valence-electron chi connectivity index (χ2n) is 7.90. The number of rotatable bonds is 6. The van der Waals surface area contributed by atoms with Crippen molar-refractivity contribution < 1.29 is 14.6 Å². The highest BCUT2D eigenvalue weighted by Gasteiger charge is 2.32. The van der Waals surface area contributed by atoms with E-state index in [2.05, 4.69) is 36.5 Å². The molecule has 0 unspecified atom stereocenters. The fraction of sp³-hybridized carbons (Fsp3) is 0.476. The van der Waals surface area contributed by atoms with Crippen LogP contribution in [0.25, 0.3) is 0 Å². The fourth-order valence-corrected chi connectivity index (χ4v) is 4.01. The smallest absolute Gasteiger partial charge is 0.253 e. The summed E-state index contributed by atoms with van der Waals surface area (Å²) in [7, 11) is 3.34. The lowest BCUT2D eigenvalue weighted by molar-refractivity contribution is -0.0108. The number of benzene rings is 1. The first-order valence-electron chi connectivity index (χ1n) is 9.90. The van der Waals surface area contributed by atoms with Crippen LogP contribution in [0, 0.1) is 5.92 Å². The standard InChI is InChI=1S/C21H28BrN5O3/c1-21(2,29)14-7-9-27(10-8-14)19(28)13-5-6-16(17(11-13)30-4)25-20-24-12-15(22)18(23-3)26-20/h5-6,11-12,14,29H,7-10H2,1-4H3,(H2,23,24,25,26). The normalized spacial score (nSPS) is 15.1. The Hall–Kier alpha value is -2.39. The first kappa shape index (κ1) is 22.3. The zero-order valence-corrected chi connectivity index (χ0v) is 19.3. The molecule has 30 heavy (non-hydrogen) atoms. The van der Waals surface area contributed by atoms with Gasteiger partial charge in [0.25, 0.3) is 5.91 Å². The van der Waals surface area contributed by atoms with Crippen LogP contribution >= 0.6 is 15.9 Å². The molecule has 1 saturated heterocycles. The maximum Gasteiger partial charge on any atom is 0.253 e. The summed E-state index contributed by atoms with van der Waals surface area (Å²) in [6.07, 6.45) is 3.24. The molecule has 1 aromatic carbocycles. The van der Waals surface area contributed by atoms with E-state index in [1.54, 1.807) is 38.6 Å². The molecular weight excluding hydrogens is 450 g/mol. The van der Waals surface area contributed by atoms with Gasteiger partial charge in [-0.05, 0) is 66.7 Å². The molecule has 0 atom stereocenters. The van der Waals surface area contributed by atoms with Crippen LogP contribution in [0.1, 0.15) is 37.0 Å². The average molecular weight is 478 g/mol. The molecule has 162 valence electrons. The van der Waals surface area contributed by atoms with Gasteiger partial charge in [-0.25, -0.2) is 4.98 Å². The fourth-order valence-electron chi connectivity index (χ4n) is 3.62. The predicted octanol–water partition coefficient (Wildman–Crippen LogP) is 3.66. The Morgan fingerprint density at radius 1 is 1.33 bits per heavy atom. The number of methoxy groups -OCH3 is 1. The van der Waals surface area contributed by atoms with Crippen molar-refractivity contribution >= 4 is 39.3 Å². The van der Waals surface area contributed by atoms with Crippen molar-refractivity contribution in [3.63, 3.8) is 0 Å². The van der Waals surface area contributed by atoms with Crippen molar-refractivity contribution in [3.05, 3.63) is 34.4 Å². The number of aromatic nitrogens is 2. The Bertz CT molecular complexity index is 908. The highest BCUT2D eigenvalue weighted by atomic mass is 79.9. The van der Waals surface area contributed by atoms with Gasteiger partial charge in [-0.15, -0.1) is 0 Å². The van der Waals surface area contributed by atoms with Crippen molar-refractivity contribution in [2.75, 3.05) is 37.9 Å². The molecule has 0 bridgehead atoms. The highest BCUT2D eigenvalue weighted by Crippen LogP contribution is 2.31. The number of hydrogen-bond donors (Lipinski definition) is 3. The Balaban J connectivity index is 1.73. The summed E-state index contributed by atoms with van der Waals surface area (Å²) in [6, 6.07) is 5.29. The molecule has 8 nitrogen and oxygen atoms in total. The molecule has 3 N–H and O–H groups in total. The molecule has 1 aromatic heterocycles. The first-order chi connectivity index (χ1) is 14.2. The van der Waals surface area contributed by atoms with E-state index < -0.39 is 5.60 Å². The van der Waals surface area contributed by atoms with Crippen LogP contribution in [-0.4, -0.2) is 58.7 Å². The number of hydrogen-bond acceptors (Lipinski definition) is 7. The monoisotopic (exact) mass is 477 g/mol. The van der Waals surface area contributed by atoms with Crippen molar-refractivity contribution in [3.8, 4) is 5.75 Å². The van der Waals surface area contributed by atoms with Gasteiger partial charge in [0.15, 0.2) is 0 Å². The number of halogens is 1. The van der Waals surface area contributed by atoms with E-state index in [1.807, 2.05) is 18.7 Å². The van der Waals surface area contributed by atoms with Gasteiger partial charge in [0.1, 0.15) is 11.6 Å². The number of ether oxygens (including phenoxy) is 1. The van der Waals surface area contributed by atoms with E-state index in [0.717, 1.165) is 17.3 Å². The van der Waals surface area contributed by atoms with Crippen LogP contribution in [0.3, 0.4) is 0 Å². The third-order valence-corrected chi connectivity index (χ3v) is 6.04. The van der Waals surface area contributed by atoms with Gasteiger partial charge in [0, 0.05) is 31.9 Å². The van der Waals surface area contributed by atoms with Gasteiger partial charge < -0.3 is 25.4 Å². The van der Waals surface area contributed by atoms with Crippen molar-refractivity contribution in [2.24, 2.45) is 5.92 Å². The third-order valence-electron chi connectivity index (χ3n) is 5.46. The van der Waals surface area contributed by atoms with Crippen LogP contribution in [0.4, 0.5) is 17.5 Å². The number of anilines is 3. The lowest BCUT2D eigenvalue weighted by Crippen LogP contribution is -2.44. The molecule has 2 heterocycles. The summed E-state index contributed by atoms with van der Waals surface area (Å²) < 4.78 is 6.25. The summed E-state index contributed by atoms with van der Waals surface area (Å²) >= 11 is 3.39. The number of piperidine rings is 1. The number of likely N-dealkylation sites (tertiary alicyclic amines) is 1. The number of carbonyl (C=O) groups excluding carboxylic acids is 1. The van der Waals surface area contributed by atoms with Gasteiger partial charge in [-0.3, -0.25) is 4.79 Å². The highest BCUT2D eigenvalue weighted by molar-refractivity contribution is 9.10. The molecule has 3 rings (SSSR count). The maximum absolute atomic E-state index is 13.0. The number of amides is 1. The Labute approximate surface area is 185 Å². The van der Waals surface area contributed by atoms with Crippen LogP contribution in [0.15, 0.2) is 28.9 Å². The molecule has 0 radical (unpaired) electrons. The summed E-state index contributed by atoms with van der Waals surface area (Å²) in [4.78, 5) is 23.4. The first-order valence-corrected chi connectivity index (χ1v) is 10.7. The molecule has 9 heteroatoms. The van der Waals surface area contributed by atoms with Crippen LogP contribution in [-0.2, 0) is 0 Å². The minimum atomic E-state index is -0.714. The Morgan fingerprint density at radius 2 is 2.03 bits per heavy atom. The zero-order chi connectivity index (χ0) is 21.9. The van der Waals surface area contributed by atoms with E-state index in [4.69, 9.17) is 4.74 Å². The summed E-state index contributed by atoms with van der Waals surface area (Å²) in [5.41, 5.74) is 0.513. The number of aliphatic hydroxyl groups is 1.